The van der Waals surface area contributed by atoms with Crippen LogP contribution in [0.25, 0.3) is 0 Å². The molecule has 0 saturated carbocycles. The van der Waals surface area contributed by atoms with Crippen LogP contribution in [0.5, 0.6) is 0 Å². The van der Waals surface area contributed by atoms with Crippen LogP contribution in [-0.4, -0.2) is 0 Å². The second kappa shape index (κ2) is 15.8. The van der Waals surface area contributed by atoms with Crippen LogP contribution in [0.1, 0.15) is 126 Å². The van der Waals surface area contributed by atoms with E-state index in [1.54, 1.807) is 0 Å². The zero-order chi connectivity index (χ0) is 19.9. The van der Waals surface area contributed by atoms with Crippen molar-refractivity contribution < 1.29 is 0 Å². The Balaban J connectivity index is 3.64. The van der Waals surface area contributed by atoms with Crippen LogP contribution in [0.15, 0.2) is 12.2 Å². The first-order chi connectivity index (χ1) is 12.3. The van der Waals surface area contributed by atoms with Crippen LogP contribution >= 0.6 is 0 Å². The highest BCUT2D eigenvalue weighted by Gasteiger charge is 2.10. The summed E-state index contributed by atoms with van der Waals surface area (Å²) in [6.07, 6.45) is 16.7. The Morgan fingerprint density at radius 1 is 0.577 bits per heavy atom. The second-order valence-electron chi connectivity index (χ2n) is 9.99. The first kappa shape index (κ1) is 25.7. The molecule has 0 amide bonds. The van der Waals surface area contributed by atoms with Gasteiger partial charge in [0, 0.05) is 0 Å². The molecule has 0 saturated heterocycles. The molecule has 0 aromatic rings. The predicted octanol–water partition coefficient (Wildman–Crippen LogP) is 9.44. The zero-order valence-electron chi connectivity index (χ0n) is 19.6. The standard InChI is InChI=1S/C26H52/c1-9-25(7)26(8)20-19-24(6)18-12-17-23(5)16-11-15-22(4)14-10-13-21(2)3/h21-24,26H,7,9-20H2,1-6,8H3. The first-order valence-corrected chi connectivity index (χ1v) is 11.9. The van der Waals surface area contributed by atoms with E-state index >= 15 is 0 Å². The fraction of sp³-hybridized carbons (Fsp3) is 0.923. The summed E-state index contributed by atoms with van der Waals surface area (Å²) in [7, 11) is 0. The highest BCUT2D eigenvalue weighted by atomic mass is 14.2. The van der Waals surface area contributed by atoms with Gasteiger partial charge in [0.05, 0.1) is 0 Å². The van der Waals surface area contributed by atoms with Crippen molar-refractivity contribution >= 4 is 0 Å². The van der Waals surface area contributed by atoms with E-state index in [1.807, 2.05) is 0 Å². The lowest BCUT2D eigenvalue weighted by molar-refractivity contribution is 0.367. The molecule has 0 fully saturated rings. The number of rotatable bonds is 17. The van der Waals surface area contributed by atoms with Gasteiger partial charge in [0.15, 0.2) is 0 Å². The first-order valence-electron chi connectivity index (χ1n) is 11.9. The largest absolute Gasteiger partial charge is 0.0996 e. The van der Waals surface area contributed by atoms with Gasteiger partial charge in [0.25, 0.3) is 0 Å². The highest BCUT2D eigenvalue weighted by molar-refractivity contribution is 4.97. The number of allylic oxidation sites excluding steroid dienone is 1. The number of hydrogen-bond donors (Lipinski definition) is 0. The lowest BCUT2D eigenvalue weighted by Gasteiger charge is -2.18. The Hall–Kier alpha value is -0.260. The van der Waals surface area contributed by atoms with E-state index in [1.165, 1.54) is 76.2 Å². The second-order valence-corrected chi connectivity index (χ2v) is 9.99. The van der Waals surface area contributed by atoms with Crippen LogP contribution in [0.2, 0.25) is 0 Å². The molecular weight excluding hydrogens is 312 g/mol. The van der Waals surface area contributed by atoms with Crippen molar-refractivity contribution in [2.75, 3.05) is 0 Å². The van der Waals surface area contributed by atoms with Gasteiger partial charge in [-0.3, -0.25) is 0 Å². The minimum atomic E-state index is 0.712. The van der Waals surface area contributed by atoms with Gasteiger partial charge in [-0.2, -0.15) is 0 Å². The molecule has 0 spiro atoms. The topological polar surface area (TPSA) is 0 Å². The lowest BCUT2D eigenvalue weighted by Crippen LogP contribution is -2.04. The third-order valence-electron chi connectivity index (χ3n) is 6.51. The fourth-order valence-corrected chi connectivity index (χ4v) is 4.02. The van der Waals surface area contributed by atoms with E-state index in [2.05, 4.69) is 55.0 Å². The van der Waals surface area contributed by atoms with Gasteiger partial charge in [-0.1, -0.05) is 125 Å². The molecule has 0 heterocycles. The average Bonchev–Trinajstić information content (AvgIpc) is 2.58. The molecule has 4 unspecified atom stereocenters. The lowest BCUT2D eigenvalue weighted by atomic mass is 9.88. The maximum absolute atomic E-state index is 4.20. The van der Waals surface area contributed by atoms with Crippen molar-refractivity contribution in [1.82, 2.24) is 0 Å². The average molecular weight is 365 g/mol. The molecule has 156 valence electrons. The SMILES string of the molecule is C=C(CC)C(C)CCC(C)CCCC(C)CCCC(C)CCCC(C)C. The van der Waals surface area contributed by atoms with Gasteiger partial charge in [-0.25, -0.2) is 0 Å². The Kier molecular flexibility index (Phi) is 15.6. The molecule has 26 heavy (non-hydrogen) atoms. The molecule has 0 N–H and O–H groups in total. The molecule has 0 aromatic carbocycles. The molecule has 0 aliphatic heterocycles. The maximum atomic E-state index is 4.20. The van der Waals surface area contributed by atoms with Crippen LogP contribution < -0.4 is 0 Å². The summed E-state index contributed by atoms with van der Waals surface area (Å²) in [5.41, 5.74) is 1.43. The van der Waals surface area contributed by atoms with Crippen molar-refractivity contribution in [2.45, 2.75) is 126 Å². The third-order valence-corrected chi connectivity index (χ3v) is 6.51. The molecular formula is C26H52. The Bertz CT molecular complexity index is 327. The smallest absolute Gasteiger partial charge is 0.0234 e. The summed E-state index contributed by atoms with van der Waals surface area (Å²) in [5, 5.41) is 0. The fourth-order valence-electron chi connectivity index (χ4n) is 4.02. The summed E-state index contributed by atoms with van der Waals surface area (Å²) in [4.78, 5) is 0. The zero-order valence-corrected chi connectivity index (χ0v) is 19.6. The summed E-state index contributed by atoms with van der Waals surface area (Å²) in [6, 6.07) is 0. The van der Waals surface area contributed by atoms with E-state index in [-0.39, 0.29) is 0 Å². The molecule has 0 aliphatic carbocycles. The quantitative estimate of drug-likeness (QED) is 0.225. The van der Waals surface area contributed by atoms with Gasteiger partial charge in [0.2, 0.25) is 0 Å². The molecule has 0 bridgehead atoms. The van der Waals surface area contributed by atoms with Crippen LogP contribution in [-0.2, 0) is 0 Å². The normalized spacial score (nSPS) is 16.5. The molecule has 0 rings (SSSR count). The van der Waals surface area contributed by atoms with Crippen molar-refractivity contribution in [3.05, 3.63) is 12.2 Å². The van der Waals surface area contributed by atoms with Crippen LogP contribution in [0, 0.1) is 29.6 Å². The van der Waals surface area contributed by atoms with E-state index in [9.17, 15) is 0 Å². The summed E-state index contributed by atoms with van der Waals surface area (Å²) < 4.78 is 0. The Morgan fingerprint density at radius 3 is 1.35 bits per heavy atom. The van der Waals surface area contributed by atoms with Crippen molar-refractivity contribution in [3.8, 4) is 0 Å². The van der Waals surface area contributed by atoms with Crippen molar-refractivity contribution in [2.24, 2.45) is 29.6 Å². The van der Waals surface area contributed by atoms with E-state index in [4.69, 9.17) is 0 Å². The molecule has 4 atom stereocenters. The van der Waals surface area contributed by atoms with Crippen molar-refractivity contribution in [1.29, 1.82) is 0 Å². The van der Waals surface area contributed by atoms with E-state index in [0.717, 1.165) is 30.1 Å². The summed E-state index contributed by atoms with van der Waals surface area (Å²) in [5.74, 6) is 4.32. The van der Waals surface area contributed by atoms with Gasteiger partial charge in [0.1, 0.15) is 0 Å². The molecule has 0 aromatic heterocycles. The van der Waals surface area contributed by atoms with Gasteiger partial charge >= 0.3 is 0 Å². The van der Waals surface area contributed by atoms with Crippen LogP contribution in [0.3, 0.4) is 0 Å². The minimum Gasteiger partial charge on any atom is -0.0996 e. The summed E-state index contributed by atoms with van der Waals surface area (Å²) in [6.45, 7) is 20.9. The molecule has 0 heteroatoms. The third kappa shape index (κ3) is 14.9. The van der Waals surface area contributed by atoms with E-state index in [0.29, 0.717) is 5.92 Å². The molecule has 0 nitrogen and oxygen atoms in total. The highest BCUT2D eigenvalue weighted by Crippen LogP contribution is 2.25. The van der Waals surface area contributed by atoms with Crippen LogP contribution in [0.4, 0.5) is 0 Å². The summed E-state index contributed by atoms with van der Waals surface area (Å²) >= 11 is 0. The van der Waals surface area contributed by atoms with Gasteiger partial charge in [-0.05, 0) is 42.4 Å². The van der Waals surface area contributed by atoms with Gasteiger partial charge in [-0.15, -0.1) is 0 Å². The number of hydrogen-bond acceptors (Lipinski definition) is 0. The molecule has 0 aliphatic rings. The monoisotopic (exact) mass is 364 g/mol. The predicted molar refractivity (Wildman–Crippen MR) is 122 cm³/mol. The Labute approximate surface area is 167 Å². The van der Waals surface area contributed by atoms with E-state index < -0.39 is 0 Å². The maximum Gasteiger partial charge on any atom is -0.0234 e. The van der Waals surface area contributed by atoms with Gasteiger partial charge < -0.3 is 0 Å². The minimum absolute atomic E-state index is 0.712. The molecule has 0 radical (unpaired) electrons. The van der Waals surface area contributed by atoms with Crippen molar-refractivity contribution in [3.63, 3.8) is 0 Å². The Morgan fingerprint density at radius 2 is 0.962 bits per heavy atom.